The number of allylic oxidation sites excluding steroid dienone is 1. The summed E-state index contributed by atoms with van der Waals surface area (Å²) in [7, 11) is 0. The van der Waals surface area contributed by atoms with Gasteiger partial charge in [0.15, 0.2) is 0 Å². The molecule has 2 amide bonds. The molecule has 13 heteroatoms. The van der Waals surface area contributed by atoms with Crippen LogP contribution < -0.4 is 14.8 Å². The average Bonchev–Trinajstić information content (AvgIpc) is 3.37. The Balaban J connectivity index is 1.78. The van der Waals surface area contributed by atoms with Crippen LogP contribution >= 0.6 is 0 Å². The molecule has 0 bridgehead atoms. The van der Waals surface area contributed by atoms with Crippen molar-refractivity contribution in [2.24, 2.45) is 22.9 Å². The van der Waals surface area contributed by atoms with Gasteiger partial charge >= 0.3 is 6.09 Å². The molecule has 0 saturated heterocycles. The molecule has 4 N–H and O–H groups in total. The molecule has 1 heterocycles. The molecule has 6 atom stereocenters. The number of unbranched alkanes of at least 4 members (excludes halogenated alkanes) is 19. The second kappa shape index (κ2) is 35.0. The van der Waals surface area contributed by atoms with E-state index in [1.165, 1.54) is 77.0 Å². The Bertz CT molecular complexity index is 1780. The number of hydrogen-bond donors (Lipinski definition) is 4. The highest BCUT2D eigenvalue weighted by molar-refractivity contribution is 6.03. The molecule has 1 aliphatic heterocycles. The lowest BCUT2D eigenvalue weighted by molar-refractivity contribution is -0.258. The minimum Gasteiger partial charge on any atom is -0.459 e. The summed E-state index contributed by atoms with van der Waals surface area (Å²) in [6.45, 7) is 15.8. The normalized spacial score (nSPS) is 21.7. The van der Waals surface area contributed by atoms with Crippen LogP contribution in [0.15, 0.2) is 47.7 Å². The SMILES string of the molecule is C=CCO[C@@]12Oc3ccc(OC(=O)NCCCCCCCCCCCC)cc3[C@H]3[C@H](CCCCO)[C@@H](CCCCO)C=C(C(=NOC(C)(C)C)C[C@@H]1N(CCOCCO)C(=O)CCCCCCCCCCC)[C@H]32. The number of aliphatic hydroxyl groups excluding tert-OH is 3. The maximum atomic E-state index is 15.0. The van der Waals surface area contributed by atoms with Crippen molar-refractivity contribution in [2.75, 3.05) is 52.7 Å². The molecular formula is C60H101N3O10. The maximum absolute atomic E-state index is 15.0. The van der Waals surface area contributed by atoms with E-state index in [1.807, 2.05) is 37.8 Å². The number of ether oxygens (including phenoxy) is 4. The van der Waals surface area contributed by atoms with Crippen LogP contribution in [-0.4, -0.2) is 108 Å². The molecule has 1 saturated carbocycles. The molecule has 1 aromatic carbocycles. The summed E-state index contributed by atoms with van der Waals surface area (Å²) < 4.78 is 26.6. The number of carbonyl (C=O) groups excluding carboxylic acids is 2. The zero-order valence-corrected chi connectivity index (χ0v) is 46.3. The summed E-state index contributed by atoms with van der Waals surface area (Å²) in [5.74, 6) is -1.18. The van der Waals surface area contributed by atoms with E-state index in [0.717, 1.165) is 87.5 Å². The summed E-state index contributed by atoms with van der Waals surface area (Å²) in [6.07, 6.45) is 31.0. The number of nitrogens with zero attached hydrogens (tertiary/aromatic N) is 2. The summed E-state index contributed by atoms with van der Waals surface area (Å²) in [6, 6.07) is 4.91. The highest BCUT2D eigenvalue weighted by Gasteiger charge is 2.65. The highest BCUT2D eigenvalue weighted by atomic mass is 16.7. The van der Waals surface area contributed by atoms with E-state index in [-0.39, 0.29) is 76.3 Å². The largest absolute Gasteiger partial charge is 0.459 e. The summed E-state index contributed by atoms with van der Waals surface area (Å²) in [4.78, 5) is 36.6. The average molecular weight is 1020 g/mol. The fourth-order valence-corrected chi connectivity index (χ4v) is 11.4. The van der Waals surface area contributed by atoms with Gasteiger partial charge in [0, 0.05) is 50.6 Å². The van der Waals surface area contributed by atoms with E-state index in [1.54, 1.807) is 12.1 Å². The number of amides is 2. The molecule has 1 aromatic rings. The van der Waals surface area contributed by atoms with Gasteiger partial charge in [0.05, 0.1) is 38.1 Å². The Morgan fingerprint density at radius 3 is 2.03 bits per heavy atom. The number of nitrogens with one attached hydrogen (secondary N) is 1. The predicted octanol–water partition coefficient (Wildman–Crippen LogP) is 12.9. The molecule has 0 spiro atoms. The van der Waals surface area contributed by atoms with Crippen LogP contribution in [0.1, 0.15) is 219 Å². The van der Waals surface area contributed by atoms with Crippen LogP contribution in [0.3, 0.4) is 0 Å². The van der Waals surface area contributed by atoms with Crippen LogP contribution in [0.2, 0.25) is 0 Å². The lowest BCUT2D eigenvalue weighted by Gasteiger charge is -2.60. The standard InChI is InChI=1S/C60H101N3O10/c1-7-10-12-14-16-18-20-22-24-28-36-61-58(68)71-48-34-35-53-51(45-48)56-49(32-27-30-39-65)47(31-26-29-38-64)44-50-52(62-73-59(4,5)6)46-54(60(72-53,57(50)56)70-41-9-3)63(37-42-69-43-40-66)55(67)33-25-23-21-19-17-15-13-11-8-2/h9,34-35,44-45,47,49,54,56-57,64-66H,3,7-8,10-33,36-43,46H2,1-2,4-6H3,(H,61,68)/t47-,49+,54-,56+,57+,60+/m0/s1. The van der Waals surface area contributed by atoms with Gasteiger partial charge in [-0.05, 0) is 94.9 Å². The Kier molecular flexibility index (Phi) is 29.7. The third-order valence-electron chi connectivity index (χ3n) is 15.0. The van der Waals surface area contributed by atoms with Crippen LogP contribution in [0.5, 0.6) is 11.5 Å². The molecule has 73 heavy (non-hydrogen) atoms. The Morgan fingerprint density at radius 1 is 0.808 bits per heavy atom. The Morgan fingerprint density at radius 2 is 1.42 bits per heavy atom. The minimum atomic E-state index is -1.43. The Labute approximate surface area is 441 Å². The van der Waals surface area contributed by atoms with Crippen molar-refractivity contribution in [1.29, 1.82) is 0 Å². The molecular weight excluding hydrogens is 923 g/mol. The van der Waals surface area contributed by atoms with E-state index in [2.05, 4.69) is 31.8 Å². The predicted molar refractivity (Wildman–Crippen MR) is 293 cm³/mol. The minimum absolute atomic E-state index is 0.0105. The van der Waals surface area contributed by atoms with Crippen molar-refractivity contribution in [3.63, 3.8) is 0 Å². The fourth-order valence-electron chi connectivity index (χ4n) is 11.4. The van der Waals surface area contributed by atoms with Gasteiger partial charge in [0.2, 0.25) is 11.7 Å². The first-order valence-electron chi connectivity index (χ1n) is 29.2. The van der Waals surface area contributed by atoms with Crippen molar-refractivity contribution < 1.29 is 48.7 Å². The quantitative estimate of drug-likeness (QED) is 0.0282. The number of benzene rings is 1. The number of oxime groups is 1. The highest BCUT2D eigenvalue weighted by Crippen LogP contribution is 2.62. The zero-order valence-electron chi connectivity index (χ0n) is 46.3. The summed E-state index contributed by atoms with van der Waals surface area (Å²) >= 11 is 0. The van der Waals surface area contributed by atoms with Crippen molar-refractivity contribution in [3.8, 4) is 11.5 Å². The van der Waals surface area contributed by atoms with Crippen molar-refractivity contribution in [2.45, 2.75) is 231 Å². The summed E-state index contributed by atoms with van der Waals surface area (Å²) in [5, 5.41) is 37.7. The first-order valence-corrected chi connectivity index (χ1v) is 29.2. The van der Waals surface area contributed by atoms with Crippen LogP contribution in [0.4, 0.5) is 4.79 Å². The third-order valence-corrected chi connectivity index (χ3v) is 15.0. The summed E-state index contributed by atoms with van der Waals surface area (Å²) in [5.41, 5.74) is 1.93. The first kappa shape index (κ1) is 62.1. The van der Waals surface area contributed by atoms with Gasteiger partial charge in [0.25, 0.3) is 0 Å². The van der Waals surface area contributed by atoms with E-state index in [0.29, 0.717) is 37.3 Å². The van der Waals surface area contributed by atoms with Crippen molar-refractivity contribution >= 4 is 17.7 Å². The molecule has 1 fully saturated rings. The van der Waals surface area contributed by atoms with Gasteiger partial charge in [0.1, 0.15) is 23.1 Å². The molecule has 0 aromatic heterocycles. The van der Waals surface area contributed by atoms with Crippen LogP contribution in [-0.2, 0) is 19.1 Å². The molecule has 416 valence electrons. The van der Waals surface area contributed by atoms with Crippen LogP contribution in [0, 0.1) is 17.8 Å². The van der Waals surface area contributed by atoms with E-state index >= 15 is 4.79 Å². The molecule has 4 rings (SSSR count). The van der Waals surface area contributed by atoms with Gasteiger partial charge in [-0.25, -0.2) is 4.79 Å². The molecule has 3 aliphatic rings. The van der Waals surface area contributed by atoms with Gasteiger partial charge < -0.3 is 49.3 Å². The smallest absolute Gasteiger partial charge is 0.412 e. The number of hydrogen-bond acceptors (Lipinski definition) is 11. The Hall–Kier alpha value is -3.49. The molecule has 0 radical (unpaired) electrons. The number of rotatable bonds is 40. The van der Waals surface area contributed by atoms with Gasteiger partial charge in [-0.1, -0.05) is 153 Å². The lowest BCUT2D eigenvalue weighted by Crippen LogP contribution is -2.70. The third kappa shape index (κ3) is 20.5. The number of fused-ring (bicyclic) bond motifs is 2. The topological polar surface area (TPSA) is 169 Å². The molecule has 13 nitrogen and oxygen atoms in total. The monoisotopic (exact) mass is 1020 g/mol. The van der Waals surface area contributed by atoms with Crippen molar-refractivity contribution in [1.82, 2.24) is 10.2 Å². The van der Waals surface area contributed by atoms with Crippen LogP contribution in [0.25, 0.3) is 0 Å². The molecule has 2 aliphatic carbocycles. The maximum Gasteiger partial charge on any atom is 0.412 e. The fraction of sp³-hybridized carbons (Fsp3) is 0.783. The number of aliphatic hydroxyl groups is 3. The van der Waals surface area contributed by atoms with E-state index in [4.69, 9.17) is 28.9 Å². The van der Waals surface area contributed by atoms with Gasteiger partial charge in [-0.15, -0.1) is 6.58 Å². The van der Waals surface area contributed by atoms with Gasteiger partial charge in [-0.2, -0.15) is 0 Å². The zero-order chi connectivity index (χ0) is 52.7. The molecule has 0 unspecified atom stereocenters. The second-order valence-corrected chi connectivity index (χ2v) is 22.0. The van der Waals surface area contributed by atoms with Crippen molar-refractivity contribution in [3.05, 3.63) is 48.1 Å². The first-order chi connectivity index (χ1) is 35.5. The second-order valence-electron chi connectivity index (χ2n) is 22.0. The van der Waals surface area contributed by atoms with Gasteiger partial charge in [-0.3, -0.25) is 4.79 Å². The lowest BCUT2D eigenvalue weighted by atomic mass is 9.55. The van der Waals surface area contributed by atoms with E-state index in [9.17, 15) is 20.1 Å². The van der Waals surface area contributed by atoms with E-state index < -0.39 is 29.4 Å². The number of carbonyl (C=O) groups is 2.